The normalized spacial score (nSPS) is 13.9. The van der Waals surface area contributed by atoms with Crippen molar-refractivity contribution in [1.82, 2.24) is 0 Å². The lowest BCUT2D eigenvalue weighted by atomic mass is 10.1. The Balaban J connectivity index is 4.25. The first-order valence-corrected chi connectivity index (χ1v) is 29.6. The van der Waals surface area contributed by atoms with Gasteiger partial charge in [0, 0.05) is 12.8 Å². The summed E-state index contributed by atoms with van der Waals surface area (Å²) in [5, 5.41) is 9.68. The van der Waals surface area contributed by atoms with Gasteiger partial charge in [0.1, 0.15) is 13.2 Å². The number of esters is 2. The van der Waals surface area contributed by atoms with Crippen LogP contribution in [-0.2, 0) is 33.3 Å². The molecule has 0 fully saturated rings. The van der Waals surface area contributed by atoms with Crippen LogP contribution in [0.1, 0.15) is 194 Å². The zero-order chi connectivity index (χ0) is 56.2. The van der Waals surface area contributed by atoms with Crippen molar-refractivity contribution in [3.8, 4) is 0 Å². The number of rotatable bonds is 52. The largest absolute Gasteiger partial charge is 0.477 e. The topological polar surface area (TPSA) is 108 Å². The number of carboxylic acids is 1. The summed E-state index contributed by atoms with van der Waals surface area (Å²) in [6.07, 6.45) is 81.9. The molecule has 0 saturated heterocycles. The van der Waals surface area contributed by atoms with Gasteiger partial charge in [-0.15, -0.1) is 0 Å². The lowest BCUT2D eigenvalue weighted by molar-refractivity contribution is -0.870. The van der Waals surface area contributed by atoms with Crippen LogP contribution in [0.3, 0.4) is 0 Å². The third-order valence-corrected chi connectivity index (χ3v) is 11.7. The molecule has 0 aliphatic rings. The first kappa shape index (κ1) is 71.9. The zero-order valence-electron chi connectivity index (χ0n) is 49.0. The Kier molecular flexibility index (Phi) is 53.3. The van der Waals surface area contributed by atoms with E-state index in [9.17, 15) is 19.5 Å². The van der Waals surface area contributed by atoms with Gasteiger partial charge in [-0.1, -0.05) is 217 Å². The molecule has 0 aliphatic carbocycles. The summed E-state index contributed by atoms with van der Waals surface area (Å²) in [5.74, 6) is -2.07. The number of carbonyl (C=O) groups is 3. The molecule has 0 aromatic rings. The molecule has 9 heteroatoms. The smallest absolute Gasteiger partial charge is 0.361 e. The van der Waals surface area contributed by atoms with Crippen LogP contribution in [0.25, 0.3) is 0 Å². The minimum absolute atomic E-state index is 0.172. The van der Waals surface area contributed by atoms with Crippen LogP contribution in [0.15, 0.2) is 158 Å². The van der Waals surface area contributed by atoms with Gasteiger partial charge in [0.15, 0.2) is 6.10 Å². The molecule has 2 unspecified atom stereocenters. The number of hydrogen-bond donors (Lipinski definition) is 1. The quantitative estimate of drug-likeness (QED) is 0.0211. The predicted molar refractivity (Wildman–Crippen MR) is 327 cm³/mol. The number of carbonyl (C=O) groups excluding carboxylic acids is 2. The molecule has 0 radical (unpaired) electrons. The van der Waals surface area contributed by atoms with Gasteiger partial charge in [-0.05, 0) is 122 Å². The number of unbranched alkanes of at least 4 members (excludes halogenated alkanes) is 11. The fourth-order valence-corrected chi connectivity index (χ4v) is 7.23. The van der Waals surface area contributed by atoms with Crippen LogP contribution in [0.5, 0.6) is 0 Å². The second-order valence-corrected chi connectivity index (χ2v) is 20.2. The summed E-state index contributed by atoms with van der Waals surface area (Å²) in [5.41, 5.74) is 0. The van der Waals surface area contributed by atoms with Crippen LogP contribution in [0.2, 0.25) is 0 Å². The van der Waals surface area contributed by atoms with Gasteiger partial charge < -0.3 is 28.5 Å². The van der Waals surface area contributed by atoms with E-state index in [0.29, 0.717) is 17.4 Å². The second-order valence-electron chi connectivity index (χ2n) is 20.2. The van der Waals surface area contributed by atoms with E-state index in [1.807, 2.05) is 21.1 Å². The van der Waals surface area contributed by atoms with Gasteiger partial charge in [-0.3, -0.25) is 9.59 Å². The molecule has 9 nitrogen and oxygen atoms in total. The molecule has 2 atom stereocenters. The van der Waals surface area contributed by atoms with E-state index in [1.54, 1.807) is 0 Å². The Morgan fingerprint density at radius 2 is 0.740 bits per heavy atom. The molecule has 0 rings (SSSR count). The average Bonchev–Trinajstić information content (AvgIpc) is 3.40. The summed E-state index contributed by atoms with van der Waals surface area (Å²) in [4.78, 5) is 37.3. The van der Waals surface area contributed by atoms with Crippen molar-refractivity contribution < 1.29 is 42.9 Å². The van der Waals surface area contributed by atoms with E-state index in [-0.39, 0.29) is 38.6 Å². The van der Waals surface area contributed by atoms with E-state index in [2.05, 4.69) is 172 Å². The monoisotopic (exact) mass is 1070 g/mol. The SMILES string of the molecule is CC/C=C\C/C=C\C/C=C\C/C=C\C/C=C\C/C=C\C/C=C\C/C=C\C/C=C\C/C=C\C/C=C\CCCCCCCC(=O)OC(COC(=O)CCCCCCC/C=C\C/C=C\CCC)COC(OCC[N+](C)(C)C)C(=O)O. The van der Waals surface area contributed by atoms with Crippen molar-refractivity contribution in [2.24, 2.45) is 0 Å². The molecule has 0 spiro atoms. The predicted octanol–water partition coefficient (Wildman–Crippen LogP) is 17.8. The van der Waals surface area contributed by atoms with Crippen molar-refractivity contribution in [3.05, 3.63) is 158 Å². The van der Waals surface area contributed by atoms with Gasteiger partial charge in [-0.2, -0.15) is 0 Å². The highest BCUT2D eigenvalue weighted by Crippen LogP contribution is 2.13. The molecular formula is C68H108NO8+. The van der Waals surface area contributed by atoms with E-state index in [0.717, 1.165) is 154 Å². The number of aliphatic carboxylic acids is 1. The van der Waals surface area contributed by atoms with Crippen LogP contribution in [0, 0.1) is 0 Å². The highest BCUT2D eigenvalue weighted by molar-refractivity contribution is 5.71. The molecule has 77 heavy (non-hydrogen) atoms. The number of carboxylic acid groups (broad SMARTS) is 1. The lowest BCUT2D eigenvalue weighted by Gasteiger charge is -2.25. The highest BCUT2D eigenvalue weighted by atomic mass is 16.7. The van der Waals surface area contributed by atoms with Gasteiger partial charge in [0.25, 0.3) is 6.29 Å². The van der Waals surface area contributed by atoms with Crippen LogP contribution in [0.4, 0.5) is 0 Å². The Bertz CT molecular complexity index is 1810. The number of hydrogen-bond acceptors (Lipinski definition) is 7. The average molecular weight is 1070 g/mol. The Morgan fingerprint density at radius 1 is 0.403 bits per heavy atom. The maximum atomic E-state index is 12.9. The summed E-state index contributed by atoms with van der Waals surface area (Å²) < 4.78 is 22.8. The fraction of sp³-hybridized carbons (Fsp3) is 0.574. The van der Waals surface area contributed by atoms with Gasteiger partial charge in [0.2, 0.25) is 0 Å². The number of ether oxygens (including phenoxy) is 4. The summed E-state index contributed by atoms with van der Waals surface area (Å²) >= 11 is 0. The van der Waals surface area contributed by atoms with Crippen molar-refractivity contribution in [1.29, 1.82) is 0 Å². The van der Waals surface area contributed by atoms with Gasteiger partial charge >= 0.3 is 17.9 Å². The van der Waals surface area contributed by atoms with E-state index in [4.69, 9.17) is 18.9 Å². The van der Waals surface area contributed by atoms with Crippen molar-refractivity contribution in [2.75, 3.05) is 47.5 Å². The van der Waals surface area contributed by atoms with Crippen molar-refractivity contribution in [2.45, 2.75) is 206 Å². The first-order valence-electron chi connectivity index (χ1n) is 29.6. The summed E-state index contributed by atoms with van der Waals surface area (Å²) in [7, 11) is 5.94. The summed E-state index contributed by atoms with van der Waals surface area (Å²) in [6.45, 7) is 4.62. The number of allylic oxidation sites excluding steroid dienone is 26. The molecule has 0 saturated carbocycles. The molecule has 0 aromatic heterocycles. The van der Waals surface area contributed by atoms with E-state index >= 15 is 0 Å². The molecule has 1 N–H and O–H groups in total. The number of quaternary nitrogens is 1. The standard InChI is InChI=1S/C68H107NO8/c1-6-8-10-12-14-16-18-20-21-22-23-24-25-26-27-28-29-30-31-32-33-34-35-36-37-38-39-40-41-42-43-44-45-47-49-51-53-55-57-59-66(71)77-64(63-76-68(67(72)73)74-61-60-69(3,4)5)62-75-65(70)58-56-54-52-50-48-46-19-17-15-13-11-9-7-2/h8,10-11,13-14,16-17,19-21,23-24,26-27,29-30,32-33,35-36,38-39,41-42,44-45,64,68H,6-7,9,12,15,18,22,25,28,31,34,37,40,43,46-63H2,1-5H3/p+1/b10-8-,13-11-,16-14-,19-17-,21-20-,24-23-,27-26-,30-29-,33-32-,36-35-,39-38-,42-41-,45-44-. The maximum absolute atomic E-state index is 12.9. The minimum atomic E-state index is -1.53. The van der Waals surface area contributed by atoms with E-state index < -0.39 is 24.3 Å². The fourth-order valence-electron chi connectivity index (χ4n) is 7.23. The third kappa shape index (κ3) is 58.4. The third-order valence-electron chi connectivity index (χ3n) is 11.7. The van der Waals surface area contributed by atoms with Gasteiger partial charge in [-0.25, -0.2) is 4.79 Å². The minimum Gasteiger partial charge on any atom is -0.477 e. The molecule has 0 aromatic carbocycles. The lowest BCUT2D eigenvalue weighted by Crippen LogP contribution is -2.40. The molecule has 432 valence electrons. The summed E-state index contributed by atoms with van der Waals surface area (Å²) in [6, 6.07) is 0. The highest BCUT2D eigenvalue weighted by Gasteiger charge is 2.25. The number of nitrogens with zero attached hydrogens (tertiary/aromatic N) is 1. The van der Waals surface area contributed by atoms with Crippen molar-refractivity contribution in [3.63, 3.8) is 0 Å². The Morgan fingerprint density at radius 3 is 1.10 bits per heavy atom. The van der Waals surface area contributed by atoms with Crippen LogP contribution >= 0.6 is 0 Å². The Hall–Kier alpha value is -5.09. The van der Waals surface area contributed by atoms with E-state index in [1.165, 1.54) is 6.42 Å². The second kappa shape index (κ2) is 57.1. The molecular weight excluding hydrogens is 959 g/mol. The zero-order valence-corrected chi connectivity index (χ0v) is 49.0. The van der Waals surface area contributed by atoms with Gasteiger partial charge in [0.05, 0.1) is 34.4 Å². The van der Waals surface area contributed by atoms with Crippen molar-refractivity contribution >= 4 is 17.9 Å². The molecule has 0 heterocycles. The molecule has 0 bridgehead atoms. The maximum Gasteiger partial charge on any atom is 0.361 e. The molecule has 0 amide bonds. The number of likely N-dealkylation sites (N-methyl/N-ethyl adjacent to an activating group) is 1. The first-order chi connectivity index (χ1) is 37.6. The molecule has 0 aliphatic heterocycles. The van der Waals surface area contributed by atoms with Crippen LogP contribution < -0.4 is 0 Å². The van der Waals surface area contributed by atoms with Crippen LogP contribution in [-0.4, -0.2) is 87.4 Å². The Labute approximate surface area is 470 Å².